The van der Waals surface area contributed by atoms with Crippen molar-refractivity contribution in [3.8, 4) is 0 Å². The molecule has 2 heterocycles. The van der Waals surface area contributed by atoms with E-state index in [4.69, 9.17) is 4.74 Å². The minimum absolute atomic E-state index is 0.815. The number of hydrogen-bond acceptors (Lipinski definition) is 4. The molecular weight excluding hydrogens is 276 g/mol. The van der Waals surface area contributed by atoms with E-state index in [0.29, 0.717) is 0 Å². The number of para-hydroxylation sites is 1. The summed E-state index contributed by atoms with van der Waals surface area (Å²) >= 11 is 0. The van der Waals surface area contributed by atoms with Gasteiger partial charge in [0, 0.05) is 18.8 Å². The second-order valence-corrected chi connectivity index (χ2v) is 5.55. The summed E-state index contributed by atoms with van der Waals surface area (Å²) in [6.07, 6.45) is 0.868. The molecule has 0 spiro atoms. The fraction of sp³-hybridized carbons (Fsp3) is 0.294. The molecule has 5 nitrogen and oxygen atoms in total. The molecule has 1 aliphatic rings. The first-order chi connectivity index (χ1) is 10.9. The maximum Gasteiger partial charge on any atom is 0.116 e. The van der Waals surface area contributed by atoms with E-state index in [9.17, 15) is 0 Å². The lowest BCUT2D eigenvalue weighted by Crippen LogP contribution is -2.36. The van der Waals surface area contributed by atoms with E-state index in [2.05, 4.69) is 50.6 Å². The van der Waals surface area contributed by atoms with Crippen molar-refractivity contribution in [3.05, 3.63) is 53.6 Å². The first-order valence-electron chi connectivity index (χ1n) is 7.60. The van der Waals surface area contributed by atoms with Gasteiger partial charge in [-0.05, 0) is 35.7 Å². The molecule has 0 atom stereocenters. The Bertz CT molecular complexity index is 760. The van der Waals surface area contributed by atoms with E-state index in [1.807, 2.05) is 12.1 Å². The zero-order valence-electron chi connectivity index (χ0n) is 12.3. The molecule has 0 aliphatic carbocycles. The van der Waals surface area contributed by atoms with Crippen LogP contribution in [-0.2, 0) is 11.2 Å². The summed E-state index contributed by atoms with van der Waals surface area (Å²) < 4.78 is 5.40. The molecule has 0 radical (unpaired) electrons. The molecule has 1 N–H and O–H groups in total. The Kier molecular flexibility index (Phi) is 3.48. The van der Waals surface area contributed by atoms with Gasteiger partial charge in [-0.25, -0.2) is 0 Å². The van der Waals surface area contributed by atoms with Crippen LogP contribution < -0.4 is 4.90 Å². The van der Waals surface area contributed by atoms with Gasteiger partial charge in [0.05, 0.1) is 13.2 Å². The SMILES string of the molecule is c1cc(Cc2ccc(N3CCOCC3)cc2)c2n[nH]nc2c1. The molecule has 2 aromatic carbocycles. The van der Waals surface area contributed by atoms with Gasteiger partial charge in [0.2, 0.25) is 0 Å². The van der Waals surface area contributed by atoms with Crippen LogP contribution >= 0.6 is 0 Å². The van der Waals surface area contributed by atoms with Crippen molar-refractivity contribution < 1.29 is 4.74 Å². The second kappa shape index (κ2) is 5.77. The van der Waals surface area contributed by atoms with Crippen LogP contribution in [0.3, 0.4) is 0 Å². The van der Waals surface area contributed by atoms with Crippen LogP contribution in [0.4, 0.5) is 5.69 Å². The van der Waals surface area contributed by atoms with Crippen molar-refractivity contribution in [3.63, 3.8) is 0 Å². The molecule has 1 aliphatic heterocycles. The average molecular weight is 294 g/mol. The number of fused-ring (bicyclic) bond motifs is 1. The zero-order chi connectivity index (χ0) is 14.8. The number of hydrogen-bond donors (Lipinski definition) is 1. The molecule has 3 aromatic rings. The number of anilines is 1. The molecule has 0 saturated carbocycles. The van der Waals surface area contributed by atoms with Crippen molar-refractivity contribution >= 4 is 16.7 Å². The van der Waals surface area contributed by atoms with Crippen molar-refractivity contribution in [2.75, 3.05) is 31.2 Å². The fourth-order valence-electron chi connectivity index (χ4n) is 2.93. The average Bonchev–Trinajstić information content (AvgIpc) is 3.06. The summed E-state index contributed by atoms with van der Waals surface area (Å²) in [4.78, 5) is 2.37. The fourth-order valence-corrected chi connectivity index (χ4v) is 2.93. The Morgan fingerprint density at radius 1 is 1.00 bits per heavy atom. The predicted molar refractivity (Wildman–Crippen MR) is 86.2 cm³/mol. The number of benzene rings is 2. The normalized spacial score (nSPS) is 15.4. The summed E-state index contributed by atoms with van der Waals surface area (Å²) in [5, 5.41) is 11.1. The van der Waals surface area contributed by atoms with Gasteiger partial charge in [0.25, 0.3) is 0 Å². The maximum atomic E-state index is 5.40. The second-order valence-electron chi connectivity index (χ2n) is 5.55. The number of aromatic amines is 1. The lowest BCUT2D eigenvalue weighted by atomic mass is 10.0. The number of nitrogens with one attached hydrogen (secondary N) is 1. The Hall–Kier alpha value is -2.40. The highest BCUT2D eigenvalue weighted by Crippen LogP contribution is 2.21. The van der Waals surface area contributed by atoms with Gasteiger partial charge < -0.3 is 9.64 Å². The van der Waals surface area contributed by atoms with E-state index in [1.165, 1.54) is 16.8 Å². The van der Waals surface area contributed by atoms with Crippen LogP contribution in [0.25, 0.3) is 11.0 Å². The van der Waals surface area contributed by atoms with Gasteiger partial charge >= 0.3 is 0 Å². The topological polar surface area (TPSA) is 54.0 Å². The lowest BCUT2D eigenvalue weighted by molar-refractivity contribution is 0.122. The van der Waals surface area contributed by atoms with Gasteiger partial charge in [-0.1, -0.05) is 24.3 Å². The Morgan fingerprint density at radius 2 is 1.82 bits per heavy atom. The summed E-state index contributed by atoms with van der Waals surface area (Å²) in [5.74, 6) is 0. The minimum atomic E-state index is 0.815. The number of ether oxygens (including phenoxy) is 1. The molecule has 1 saturated heterocycles. The third kappa shape index (κ3) is 2.55. The van der Waals surface area contributed by atoms with Gasteiger partial charge in [-0.3, -0.25) is 0 Å². The molecule has 0 bridgehead atoms. The largest absolute Gasteiger partial charge is 0.378 e. The van der Waals surface area contributed by atoms with Crippen molar-refractivity contribution in [1.82, 2.24) is 15.4 Å². The standard InChI is InChI=1S/C17H18N4O/c1-2-14(17-16(3-1)18-20-19-17)12-13-4-6-15(7-5-13)21-8-10-22-11-9-21/h1-7H,8-12H2,(H,18,19,20). The summed E-state index contributed by atoms with van der Waals surface area (Å²) in [6.45, 7) is 3.57. The maximum absolute atomic E-state index is 5.40. The molecule has 0 unspecified atom stereocenters. The van der Waals surface area contributed by atoms with Crippen LogP contribution in [0.1, 0.15) is 11.1 Å². The van der Waals surface area contributed by atoms with E-state index in [1.54, 1.807) is 0 Å². The third-order valence-electron chi connectivity index (χ3n) is 4.14. The lowest BCUT2D eigenvalue weighted by Gasteiger charge is -2.28. The molecule has 112 valence electrons. The van der Waals surface area contributed by atoms with Gasteiger partial charge in [-0.15, -0.1) is 0 Å². The number of H-pyrrole nitrogens is 1. The first kappa shape index (κ1) is 13.3. The van der Waals surface area contributed by atoms with Crippen molar-refractivity contribution in [1.29, 1.82) is 0 Å². The predicted octanol–water partition coefficient (Wildman–Crippen LogP) is 2.39. The Labute approximate surface area is 128 Å². The molecule has 1 fully saturated rings. The monoisotopic (exact) mass is 294 g/mol. The van der Waals surface area contributed by atoms with Crippen molar-refractivity contribution in [2.45, 2.75) is 6.42 Å². The summed E-state index contributed by atoms with van der Waals surface area (Å²) in [5.41, 5.74) is 5.63. The van der Waals surface area contributed by atoms with Gasteiger partial charge in [0.15, 0.2) is 0 Å². The van der Waals surface area contributed by atoms with Crippen LogP contribution in [0, 0.1) is 0 Å². The zero-order valence-corrected chi connectivity index (χ0v) is 12.3. The van der Waals surface area contributed by atoms with Gasteiger partial charge in [-0.2, -0.15) is 15.4 Å². The first-order valence-corrected chi connectivity index (χ1v) is 7.60. The molecule has 0 amide bonds. The highest BCUT2D eigenvalue weighted by molar-refractivity contribution is 5.77. The summed E-state index contributed by atoms with van der Waals surface area (Å²) in [6, 6.07) is 14.9. The van der Waals surface area contributed by atoms with E-state index in [-0.39, 0.29) is 0 Å². The quantitative estimate of drug-likeness (QED) is 0.806. The summed E-state index contributed by atoms with van der Waals surface area (Å²) in [7, 11) is 0. The van der Waals surface area contributed by atoms with Crippen LogP contribution in [0.2, 0.25) is 0 Å². The Balaban J connectivity index is 1.54. The number of rotatable bonds is 3. The van der Waals surface area contributed by atoms with E-state index in [0.717, 1.165) is 43.8 Å². The van der Waals surface area contributed by atoms with E-state index < -0.39 is 0 Å². The Morgan fingerprint density at radius 3 is 2.64 bits per heavy atom. The van der Waals surface area contributed by atoms with Crippen LogP contribution in [-0.4, -0.2) is 41.7 Å². The van der Waals surface area contributed by atoms with Crippen LogP contribution in [0.5, 0.6) is 0 Å². The molecular formula is C17H18N4O. The van der Waals surface area contributed by atoms with Crippen LogP contribution in [0.15, 0.2) is 42.5 Å². The number of morpholine rings is 1. The molecule has 22 heavy (non-hydrogen) atoms. The highest BCUT2D eigenvalue weighted by atomic mass is 16.5. The van der Waals surface area contributed by atoms with E-state index >= 15 is 0 Å². The number of nitrogens with zero attached hydrogens (tertiary/aromatic N) is 3. The third-order valence-corrected chi connectivity index (χ3v) is 4.14. The van der Waals surface area contributed by atoms with Crippen molar-refractivity contribution in [2.24, 2.45) is 0 Å². The smallest absolute Gasteiger partial charge is 0.116 e. The molecule has 4 rings (SSSR count). The minimum Gasteiger partial charge on any atom is -0.378 e. The number of aromatic nitrogens is 3. The highest BCUT2D eigenvalue weighted by Gasteiger charge is 2.11. The molecule has 1 aromatic heterocycles. The molecule has 5 heteroatoms. The van der Waals surface area contributed by atoms with Gasteiger partial charge in [0.1, 0.15) is 11.0 Å².